The first-order chi connectivity index (χ1) is 10.5. The van der Waals surface area contributed by atoms with E-state index >= 15 is 0 Å². The molecule has 1 heterocycles. The summed E-state index contributed by atoms with van der Waals surface area (Å²) in [7, 11) is -1.13. The Balaban J connectivity index is 2.00. The van der Waals surface area contributed by atoms with Crippen molar-refractivity contribution in [1.82, 2.24) is 10.2 Å². The van der Waals surface area contributed by atoms with Gasteiger partial charge in [-0.2, -0.15) is 0 Å². The van der Waals surface area contributed by atoms with Crippen LogP contribution in [-0.4, -0.2) is 19.5 Å². The molecule has 0 radical (unpaired) electrons. The highest BCUT2D eigenvalue weighted by Crippen LogP contribution is 2.22. The van der Waals surface area contributed by atoms with E-state index in [4.69, 9.17) is 9.52 Å². The molecule has 0 saturated carbocycles. The van der Waals surface area contributed by atoms with E-state index in [1.165, 1.54) is 0 Å². The molecule has 6 heteroatoms. The smallest absolute Gasteiger partial charge is 0.231 e. The average molecular weight is 322 g/mol. The van der Waals surface area contributed by atoms with Gasteiger partial charge in [0.05, 0.1) is 6.61 Å². The first-order valence-electron chi connectivity index (χ1n) is 7.37. The molecule has 1 N–H and O–H groups in total. The van der Waals surface area contributed by atoms with Gasteiger partial charge in [-0.05, 0) is 24.0 Å². The Bertz CT molecular complexity index is 623. The average Bonchev–Trinajstić information content (AvgIpc) is 2.94. The molecule has 2 rings (SSSR count). The quantitative estimate of drug-likeness (QED) is 0.848. The van der Waals surface area contributed by atoms with Crippen LogP contribution < -0.4 is 0 Å². The SMILES string of the molecule is CC(C)Cc1nnc(C(C)S(=O)Cc2ccc(CO)cc2)o1. The van der Waals surface area contributed by atoms with Crippen LogP contribution in [0.25, 0.3) is 0 Å². The number of hydrogen-bond donors (Lipinski definition) is 1. The summed E-state index contributed by atoms with van der Waals surface area (Å²) in [6.45, 7) is 6.02. The molecule has 5 nitrogen and oxygen atoms in total. The van der Waals surface area contributed by atoms with E-state index in [-0.39, 0.29) is 11.9 Å². The fourth-order valence-electron chi connectivity index (χ4n) is 2.01. The van der Waals surface area contributed by atoms with Crippen molar-refractivity contribution in [2.45, 2.75) is 44.8 Å². The Labute approximate surface area is 133 Å². The van der Waals surface area contributed by atoms with Crippen LogP contribution in [0.4, 0.5) is 0 Å². The largest absolute Gasteiger partial charge is 0.424 e. The zero-order valence-electron chi connectivity index (χ0n) is 13.2. The third-order valence-electron chi connectivity index (χ3n) is 3.32. The van der Waals surface area contributed by atoms with Crippen LogP contribution in [0.2, 0.25) is 0 Å². The van der Waals surface area contributed by atoms with Crippen LogP contribution in [0.1, 0.15) is 48.9 Å². The Kier molecular flexibility index (Phi) is 5.85. The Hall–Kier alpha value is -1.53. The summed E-state index contributed by atoms with van der Waals surface area (Å²) in [5, 5.41) is 16.8. The van der Waals surface area contributed by atoms with Gasteiger partial charge in [-0.15, -0.1) is 10.2 Å². The molecule has 1 aromatic carbocycles. The van der Waals surface area contributed by atoms with Crippen molar-refractivity contribution in [3.8, 4) is 0 Å². The van der Waals surface area contributed by atoms with Crippen molar-refractivity contribution >= 4 is 10.8 Å². The van der Waals surface area contributed by atoms with Crippen LogP contribution in [0.3, 0.4) is 0 Å². The molecule has 0 bridgehead atoms. The predicted octanol–water partition coefficient (Wildman–Crippen LogP) is 2.77. The first-order valence-corrected chi connectivity index (χ1v) is 8.76. The molecule has 0 aliphatic rings. The van der Waals surface area contributed by atoms with Crippen LogP contribution in [-0.2, 0) is 29.6 Å². The molecule has 2 aromatic rings. The molecule has 0 aliphatic heterocycles. The summed E-state index contributed by atoms with van der Waals surface area (Å²) in [4.78, 5) is 0. The molecule has 0 spiro atoms. The highest BCUT2D eigenvalue weighted by atomic mass is 32.2. The molecule has 22 heavy (non-hydrogen) atoms. The van der Waals surface area contributed by atoms with E-state index in [2.05, 4.69) is 24.0 Å². The lowest BCUT2D eigenvalue weighted by Gasteiger charge is -2.08. The summed E-state index contributed by atoms with van der Waals surface area (Å²) in [5.74, 6) is 1.90. The van der Waals surface area contributed by atoms with Crippen molar-refractivity contribution in [3.63, 3.8) is 0 Å². The van der Waals surface area contributed by atoms with Gasteiger partial charge in [-0.3, -0.25) is 4.21 Å². The second-order valence-electron chi connectivity index (χ2n) is 5.77. The maximum absolute atomic E-state index is 12.4. The van der Waals surface area contributed by atoms with Crippen LogP contribution in [0, 0.1) is 5.92 Å². The number of nitrogens with zero attached hydrogens (tertiary/aromatic N) is 2. The van der Waals surface area contributed by atoms with Gasteiger partial charge in [-0.25, -0.2) is 0 Å². The minimum atomic E-state index is -1.13. The summed E-state index contributed by atoms with van der Waals surface area (Å²) < 4.78 is 18.0. The van der Waals surface area contributed by atoms with Gasteiger partial charge >= 0.3 is 0 Å². The second kappa shape index (κ2) is 7.65. The molecule has 0 aliphatic carbocycles. The van der Waals surface area contributed by atoms with E-state index in [0.717, 1.165) is 17.5 Å². The van der Waals surface area contributed by atoms with Gasteiger partial charge in [0, 0.05) is 23.0 Å². The van der Waals surface area contributed by atoms with Gasteiger partial charge in [0.2, 0.25) is 11.8 Å². The summed E-state index contributed by atoms with van der Waals surface area (Å²) in [6.07, 6.45) is 0.731. The molecule has 0 amide bonds. The number of rotatable bonds is 7. The standard InChI is InChI=1S/C16H22N2O3S/c1-11(2)8-15-17-18-16(21-15)12(3)22(20)10-14-6-4-13(9-19)5-7-14/h4-7,11-12,19H,8-10H2,1-3H3. The number of aliphatic hydroxyl groups excluding tert-OH is 1. The fourth-order valence-corrected chi connectivity index (χ4v) is 3.10. The van der Waals surface area contributed by atoms with Crippen molar-refractivity contribution in [2.75, 3.05) is 0 Å². The highest BCUT2D eigenvalue weighted by Gasteiger charge is 2.20. The van der Waals surface area contributed by atoms with Crippen molar-refractivity contribution in [3.05, 3.63) is 47.2 Å². The minimum absolute atomic E-state index is 0.0143. The van der Waals surface area contributed by atoms with Crippen LogP contribution in [0.15, 0.2) is 28.7 Å². The van der Waals surface area contributed by atoms with Gasteiger partial charge < -0.3 is 9.52 Å². The van der Waals surface area contributed by atoms with Gasteiger partial charge in [0.25, 0.3) is 0 Å². The summed E-state index contributed by atoms with van der Waals surface area (Å²) in [6, 6.07) is 7.44. The molecule has 2 atom stereocenters. The lowest BCUT2D eigenvalue weighted by atomic mass is 10.1. The van der Waals surface area contributed by atoms with Gasteiger partial charge in [0.15, 0.2) is 0 Å². The summed E-state index contributed by atoms with van der Waals surface area (Å²) >= 11 is 0. The van der Waals surface area contributed by atoms with E-state index in [0.29, 0.717) is 23.5 Å². The third kappa shape index (κ3) is 4.48. The fraction of sp³-hybridized carbons (Fsp3) is 0.500. The molecule has 2 unspecified atom stereocenters. The second-order valence-corrected chi connectivity index (χ2v) is 7.53. The Morgan fingerprint density at radius 3 is 2.36 bits per heavy atom. The van der Waals surface area contributed by atoms with Crippen molar-refractivity contribution < 1.29 is 13.7 Å². The minimum Gasteiger partial charge on any atom is -0.424 e. The third-order valence-corrected chi connectivity index (χ3v) is 4.93. The number of benzene rings is 1. The van der Waals surface area contributed by atoms with E-state index < -0.39 is 10.8 Å². The van der Waals surface area contributed by atoms with Gasteiger partial charge in [0.1, 0.15) is 5.25 Å². The normalized spacial score (nSPS) is 14.2. The highest BCUT2D eigenvalue weighted by molar-refractivity contribution is 7.84. The van der Waals surface area contributed by atoms with Crippen LogP contribution >= 0.6 is 0 Å². The molecule has 0 saturated heterocycles. The van der Waals surface area contributed by atoms with E-state index in [1.807, 2.05) is 31.2 Å². The zero-order valence-corrected chi connectivity index (χ0v) is 14.0. The topological polar surface area (TPSA) is 76.2 Å². The number of aromatic nitrogens is 2. The maximum atomic E-state index is 12.4. The van der Waals surface area contributed by atoms with Crippen LogP contribution in [0.5, 0.6) is 0 Å². The van der Waals surface area contributed by atoms with Gasteiger partial charge in [-0.1, -0.05) is 38.1 Å². The number of aliphatic hydroxyl groups is 1. The monoisotopic (exact) mass is 322 g/mol. The Morgan fingerprint density at radius 1 is 1.14 bits per heavy atom. The molecule has 120 valence electrons. The van der Waals surface area contributed by atoms with Crippen molar-refractivity contribution in [1.29, 1.82) is 0 Å². The Morgan fingerprint density at radius 2 is 1.77 bits per heavy atom. The molecule has 1 aromatic heterocycles. The predicted molar refractivity (Wildman–Crippen MR) is 85.5 cm³/mol. The van der Waals surface area contributed by atoms with E-state index in [1.54, 1.807) is 0 Å². The molecular formula is C16H22N2O3S. The maximum Gasteiger partial charge on any atom is 0.231 e. The van der Waals surface area contributed by atoms with Crippen molar-refractivity contribution in [2.24, 2.45) is 5.92 Å². The first kappa shape index (κ1) is 16.8. The number of hydrogen-bond acceptors (Lipinski definition) is 5. The summed E-state index contributed by atoms with van der Waals surface area (Å²) in [5.41, 5.74) is 1.81. The molecular weight excluding hydrogens is 300 g/mol. The lowest BCUT2D eigenvalue weighted by Crippen LogP contribution is -2.06. The lowest BCUT2D eigenvalue weighted by molar-refractivity contribution is 0.282. The van der Waals surface area contributed by atoms with E-state index in [9.17, 15) is 4.21 Å². The molecule has 0 fully saturated rings. The zero-order chi connectivity index (χ0) is 16.1.